The predicted molar refractivity (Wildman–Crippen MR) is 86.6 cm³/mol. The molecule has 2 rings (SSSR count). The number of nitrogens with two attached hydrogens (primary N) is 1. The van der Waals surface area contributed by atoms with Crippen LogP contribution >= 0.6 is 27.3 Å². The Morgan fingerprint density at radius 1 is 1.25 bits per heavy atom. The minimum absolute atomic E-state index is 0.0922. The second-order valence-corrected chi connectivity index (χ2v) is 7.10. The van der Waals surface area contributed by atoms with Crippen LogP contribution in [0.2, 0.25) is 0 Å². The van der Waals surface area contributed by atoms with Crippen molar-refractivity contribution in [3.8, 4) is 0 Å². The molecule has 3 nitrogen and oxygen atoms in total. The van der Waals surface area contributed by atoms with Crippen molar-refractivity contribution in [1.29, 1.82) is 0 Å². The van der Waals surface area contributed by atoms with Crippen molar-refractivity contribution in [2.24, 2.45) is 5.73 Å². The molecule has 0 saturated heterocycles. The summed E-state index contributed by atoms with van der Waals surface area (Å²) in [5.74, 6) is -0.0922. The molecule has 0 aliphatic carbocycles. The summed E-state index contributed by atoms with van der Waals surface area (Å²) >= 11 is 5.01. The van der Waals surface area contributed by atoms with Crippen molar-refractivity contribution in [2.45, 2.75) is 25.4 Å². The summed E-state index contributed by atoms with van der Waals surface area (Å²) in [5.41, 5.74) is 7.12. The minimum Gasteiger partial charge on any atom is -0.350 e. The van der Waals surface area contributed by atoms with Gasteiger partial charge in [0.1, 0.15) is 0 Å². The molecule has 1 unspecified atom stereocenters. The first-order valence-corrected chi connectivity index (χ1v) is 8.07. The molecule has 0 spiro atoms. The SMILES string of the molecule is NC(CCc1ccccc1)C(=O)NCc1ccc(Br)s1. The lowest BCUT2D eigenvalue weighted by Gasteiger charge is -2.11. The first-order valence-electron chi connectivity index (χ1n) is 6.46. The molecule has 3 N–H and O–H groups in total. The standard InChI is InChI=1S/C15H17BrN2OS/c16-14-9-7-12(20-14)10-18-15(19)13(17)8-6-11-4-2-1-3-5-11/h1-5,7,9,13H,6,8,10,17H2,(H,18,19). The van der Waals surface area contributed by atoms with E-state index < -0.39 is 6.04 Å². The van der Waals surface area contributed by atoms with Gasteiger partial charge in [-0.2, -0.15) is 0 Å². The predicted octanol–water partition coefficient (Wildman–Crippen LogP) is 3.09. The molecule has 1 heterocycles. The third-order valence-electron chi connectivity index (χ3n) is 2.99. The van der Waals surface area contributed by atoms with Crippen LogP contribution in [0.25, 0.3) is 0 Å². The van der Waals surface area contributed by atoms with Crippen LogP contribution < -0.4 is 11.1 Å². The number of benzene rings is 1. The normalized spacial score (nSPS) is 12.1. The highest BCUT2D eigenvalue weighted by Crippen LogP contribution is 2.21. The zero-order chi connectivity index (χ0) is 14.4. The van der Waals surface area contributed by atoms with Crippen LogP contribution in [0.4, 0.5) is 0 Å². The molecule has 1 aromatic heterocycles. The number of aryl methyl sites for hydroxylation is 1. The maximum absolute atomic E-state index is 11.9. The Morgan fingerprint density at radius 2 is 2.00 bits per heavy atom. The van der Waals surface area contributed by atoms with Crippen LogP contribution in [0.3, 0.4) is 0 Å². The van der Waals surface area contributed by atoms with Crippen LogP contribution in [0.5, 0.6) is 0 Å². The zero-order valence-corrected chi connectivity index (χ0v) is 13.4. The van der Waals surface area contributed by atoms with Gasteiger partial charge in [0.05, 0.1) is 16.4 Å². The molecule has 1 atom stereocenters. The Kier molecular flexibility index (Phi) is 5.76. The van der Waals surface area contributed by atoms with Crippen LogP contribution in [0.1, 0.15) is 16.9 Å². The van der Waals surface area contributed by atoms with Gasteiger partial charge in [-0.1, -0.05) is 30.3 Å². The monoisotopic (exact) mass is 352 g/mol. The fourth-order valence-electron chi connectivity index (χ4n) is 1.85. The highest BCUT2D eigenvalue weighted by Gasteiger charge is 2.13. The number of nitrogens with one attached hydrogen (secondary N) is 1. The lowest BCUT2D eigenvalue weighted by Crippen LogP contribution is -2.40. The van der Waals surface area contributed by atoms with Gasteiger partial charge in [0.25, 0.3) is 0 Å². The molecule has 0 aliphatic heterocycles. The molecule has 106 valence electrons. The molecular formula is C15H17BrN2OS. The number of rotatable bonds is 6. The summed E-state index contributed by atoms with van der Waals surface area (Å²) in [6.07, 6.45) is 1.48. The topological polar surface area (TPSA) is 55.1 Å². The summed E-state index contributed by atoms with van der Waals surface area (Å²) in [4.78, 5) is 13.0. The summed E-state index contributed by atoms with van der Waals surface area (Å²) in [7, 11) is 0. The van der Waals surface area contributed by atoms with Gasteiger partial charge in [0, 0.05) is 4.88 Å². The second kappa shape index (κ2) is 7.57. The Labute approximate surface area is 131 Å². The molecule has 0 saturated carbocycles. The smallest absolute Gasteiger partial charge is 0.237 e. The van der Waals surface area contributed by atoms with E-state index in [4.69, 9.17) is 5.73 Å². The lowest BCUT2D eigenvalue weighted by atomic mass is 10.1. The molecular weight excluding hydrogens is 336 g/mol. The van der Waals surface area contributed by atoms with Crippen molar-refractivity contribution >= 4 is 33.2 Å². The highest BCUT2D eigenvalue weighted by atomic mass is 79.9. The number of halogens is 1. The number of carbonyl (C=O) groups is 1. The number of carbonyl (C=O) groups excluding carboxylic acids is 1. The molecule has 0 radical (unpaired) electrons. The average molecular weight is 353 g/mol. The summed E-state index contributed by atoms with van der Waals surface area (Å²) in [6.45, 7) is 0.536. The molecule has 1 amide bonds. The van der Waals surface area contributed by atoms with E-state index in [2.05, 4.69) is 21.2 Å². The van der Waals surface area contributed by atoms with Gasteiger partial charge in [0.15, 0.2) is 0 Å². The van der Waals surface area contributed by atoms with Crippen LogP contribution in [0.15, 0.2) is 46.3 Å². The fraction of sp³-hybridized carbons (Fsp3) is 0.267. The van der Waals surface area contributed by atoms with Gasteiger partial charge >= 0.3 is 0 Å². The molecule has 0 bridgehead atoms. The molecule has 5 heteroatoms. The quantitative estimate of drug-likeness (QED) is 0.839. The second-order valence-electron chi connectivity index (χ2n) is 4.55. The van der Waals surface area contributed by atoms with E-state index >= 15 is 0 Å². The van der Waals surface area contributed by atoms with Crippen molar-refractivity contribution in [1.82, 2.24) is 5.32 Å². The highest BCUT2D eigenvalue weighted by molar-refractivity contribution is 9.11. The van der Waals surface area contributed by atoms with E-state index in [0.29, 0.717) is 13.0 Å². The molecule has 0 aliphatic rings. The van der Waals surface area contributed by atoms with Gasteiger partial charge < -0.3 is 11.1 Å². The fourth-order valence-corrected chi connectivity index (χ4v) is 3.27. The maximum Gasteiger partial charge on any atom is 0.237 e. The van der Waals surface area contributed by atoms with Crippen molar-refractivity contribution in [3.05, 3.63) is 56.7 Å². The molecule has 2 aromatic rings. The Morgan fingerprint density at radius 3 is 2.65 bits per heavy atom. The maximum atomic E-state index is 11.9. The van der Waals surface area contributed by atoms with Crippen LogP contribution in [0, 0.1) is 0 Å². The van der Waals surface area contributed by atoms with E-state index in [0.717, 1.165) is 15.1 Å². The first-order chi connectivity index (χ1) is 9.65. The van der Waals surface area contributed by atoms with Gasteiger partial charge in [-0.05, 0) is 46.5 Å². The molecule has 20 heavy (non-hydrogen) atoms. The Balaban J connectivity index is 1.74. The largest absolute Gasteiger partial charge is 0.350 e. The van der Waals surface area contributed by atoms with Crippen molar-refractivity contribution in [2.75, 3.05) is 0 Å². The number of thiophene rings is 1. The Hall–Kier alpha value is -1.17. The minimum atomic E-state index is -0.460. The number of amides is 1. The van der Waals surface area contributed by atoms with E-state index in [-0.39, 0.29) is 5.91 Å². The zero-order valence-electron chi connectivity index (χ0n) is 11.0. The molecule has 0 fully saturated rings. The van der Waals surface area contributed by atoms with Crippen LogP contribution in [-0.4, -0.2) is 11.9 Å². The number of hydrogen-bond acceptors (Lipinski definition) is 3. The lowest BCUT2D eigenvalue weighted by molar-refractivity contribution is -0.122. The summed E-state index contributed by atoms with van der Waals surface area (Å²) in [6, 6.07) is 13.6. The average Bonchev–Trinajstić information content (AvgIpc) is 2.89. The van der Waals surface area contributed by atoms with E-state index in [1.165, 1.54) is 5.56 Å². The van der Waals surface area contributed by atoms with Crippen molar-refractivity contribution in [3.63, 3.8) is 0 Å². The van der Waals surface area contributed by atoms with Crippen LogP contribution in [-0.2, 0) is 17.8 Å². The third-order valence-corrected chi connectivity index (χ3v) is 4.61. The number of hydrogen-bond donors (Lipinski definition) is 2. The summed E-state index contributed by atoms with van der Waals surface area (Å²) < 4.78 is 1.06. The van der Waals surface area contributed by atoms with Gasteiger partial charge in [-0.15, -0.1) is 11.3 Å². The van der Waals surface area contributed by atoms with Gasteiger partial charge in [0.2, 0.25) is 5.91 Å². The first kappa shape index (κ1) is 15.2. The van der Waals surface area contributed by atoms with E-state index in [1.807, 2.05) is 42.5 Å². The third kappa shape index (κ3) is 4.74. The van der Waals surface area contributed by atoms with Crippen molar-refractivity contribution < 1.29 is 4.79 Å². The molecule has 1 aromatic carbocycles. The summed E-state index contributed by atoms with van der Waals surface area (Å²) in [5, 5.41) is 2.87. The van der Waals surface area contributed by atoms with E-state index in [9.17, 15) is 4.79 Å². The van der Waals surface area contributed by atoms with E-state index in [1.54, 1.807) is 11.3 Å². The van der Waals surface area contributed by atoms with Gasteiger partial charge in [-0.25, -0.2) is 0 Å². The Bertz CT molecular complexity index is 556. The van der Waals surface area contributed by atoms with Gasteiger partial charge in [-0.3, -0.25) is 4.79 Å².